The second kappa shape index (κ2) is 6.26. The van der Waals surface area contributed by atoms with E-state index in [0.29, 0.717) is 5.75 Å². The molecule has 2 rings (SSSR count). The predicted molar refractivity (Wildman–Crippen MR) is 70.5 cm³/mol. The molecule has 94 valence electrons. The fourth-order valence-corrected chi connectivity index (χ4v) is 3.42. The van der Waals surface area contributed by atoms with Crippen LogP contribution in [-0.4, -0.2) is 28.2 Å². The molecule has 17 heavy (non-hydrogen) atoms. The number of nitrogens with zero attached hydrogens (tertiary/aromatic N) is 1. The molecule has 1 aliphatic rings. The van der Waals surface area contributed by atoms with E-state index in [1.54, 1.807) is 19.5 Å². The highest BCUT2D eigenvalue weighted by atomic mass is 32.2. The van der Waals surface area contributed by atoms with Gasteiger partial charge in [0, 0.05) is 22.8 Å². The van der Waals surface area contributed by atoms with Crippen LogP contribution in [0.15, 0.2) is 18.5 Å². The Morgan fingerprint density at radius 3 is 2.94 bits per heavy atom. The number of hydrogen-bond acceptors (Lipinski definition) is 4. The normalized spacial score (nSPS) is 18.2. The Labute approximate surface area is 107 Å². The van der Waals surface area contributed by atoms with Crippen LogP contribution in [0.25, 0.3) is 0 Å². The van der Waals surface area contributed by atoms with Crippen LogP contribution in [0.4, 0.5) is 0 Å². The summed E-state index contributed by atoms with van der Waals surface area (Å²) in [5, 5.41) is 10.8. The number of aromatic nitrogens is 1. The molecule has 1 saturated carbocycles. The van der Waals surface area contributed by atoms with Gasteiger partial charge < -0.3 is 9.84 Å². The average molecular weight is 253 g/mol. The summed E-state index contributed by atoms with van der Waals surface area (Å²) in [5.41, 5.74) is 0.842. The number of rotatable bonds is 5. The Morgan fingerprint density at radius 2 is 2.24 bits per heavy atom. The van der Waals surface area contributed by atoms with Gasteiger partial charge in [0.25, 0.3) is 0 Å². The molecule has 1 aliphatic carbocycles. The van der Waals surface area contributed by atoms with Crippen LogP contribution in [-0.2, 0) is 0 Å². The zero-order valence-electron chi connectivity index (χ0n) is 10.1. The number of thioether (sulfide) groups is 1. The summed E-state index contributed by atoms with van der Waals surface area (Å²) < 4.78 is 5.10. The van der Waals surface area contributed by atoms with Gasteiger partial charge in [-0.3, -0.25) is 4.98 Å². The van der Waals surface area contributed by atoms with Crippen molar-refractivity contribution in [3.8, 4) is 5.75 Å². The van der Waals surface area contributed by atoms with Gasteiger partial charge >= 0.3 is 0 Å². The first kappa shape index (κ1) is 12.7. The highest BCUT2D eigenvalue weighted by Gasteiger charge is 2.17. The number of ether oxygens (including phenoxy) is 1. The minimum atomic E-state index is -0.441. The van der Waals surface area contributed by atoms with Crippen LogP contribution in [0, 0.1) is 0 Å². The van der Waals surface area contributed by atoms with Crippen molar-refractivity contribution in [2.75, 3.05) is 12.9 Å². The van der Waals surface area contributed by atoms with E-state index in [9.17, 15) is 5.11 Å². The van der Waals surface area contributed by atoms with Crippen molar-refractivity contribution in [3.05, 3.63) is 24.0 Å². The Bertz CT molecular complexity index is 353. The van der Waals surface area contributed by atoms with E-state index in [2.05, 4.69) is 4.98 Å². The zero-order chi connectivity index (χ0) is 12.1. The lowest BCUT2D eigenvalue weighted by atomic mass is 10.2. The molecule has 0 radical (unpaired) electrons. The second-order valence-corrected chi connectivity index (χ2v) is 5.75. The molecule has 0 amide bonds. The van der Waals surface area contributed by atoms with Crippen LogP contribution in [0.3, 0.4) is 0 Å². The van der Waals surface area contributed by atoms with Crippen LogP contribution in [0.1, 0.15) is 37.4 Å². The highest BCUT2D eigenvalue weighted by molar-refractivity contribution is 7.99. The van der Waals surface area contributed by atoms with E-state index in [1.165, 1.54) is 25.7 Å². The molecule has 1 aromatic rings. The average Bonchev–Trinajstić information content (AvgIpc) is 2.89. The van der Waals surface area contributed by atoms with Crippen molar-refractivity contribution in [2.24, 2.45) is 0 Å². The van der Waals surface area contributed by atoms with Crippen molar-refractivity contribution in [1.29, 1.82) is 0 Å². The number of aliphatic hydroxyl groups is 1. The third-order valence-corrected chi connectivity index (χ3v) is 4.60. The Balaban J connectivity index is 1.87. The summed E-state index contributed by atoms with van der Waals surface area (Å²) in [4.78, 5) is 4.06. The fourth-order valence-electron chi connectivity index (χ4n) is 2.11. The van der Waals surface area contributed by atoms with E-state index in [0.717, 1.165) is 16.6 Å². The summed E-state index contributed by atoms with van der Waals surface area (Å²) in [6.45, 7) is 0. The number of pyridine rings is 1. The molecule has 1 unspecified atom stereocenters. The van der Waals surface area contributed by atoms with Gasteiger partial charge in [-0.2, -0.15) is 11.8 Å². The van der Waals surface area contributed by atoms with Crippen molar-refractivity contribution in [2.45, 2.75) is 37.0 Å². The minimum absolute atomic E-state index is 0.441. The van der Waals surface area contributed by atoms with Crippen LogP contribution < -0.4 is 4.74 Å². The van der Waals surface area contributed by atoms with Crippen LogP contribution >= 0.6 is 11.8 Å². The molecule has 0 aliphatic heterocycles. The summed E-state index contributed by atoms with van der Waals surface area (Å²) in [6, 6.07) is 1.85. The molecular formula is C13H19NO2S. The lowest BCUT2D eigenvalue weighted by molar-refractivity contribution is 0.203. The Kier molecular flexibility index (Phi) is 4.68. The third kappa shape index (κ3) is 3.61. The van der Waals surface area contributed by atoms with Crippen molar-refractivity contribution >= 4 is 11.8 Å². The van der Waals surface area contributed by atoms with Crippen molar-refractivity contribution in [3.63, 3.8) is 0 Å². The molecule has 0 spiro atoms. The second-order valence-electron chi connectivity index (χ2n) is 4.41. The number of hydrogen-bond donors (Lipinski definition) is 1. The molecule has 1 atom stereocenters. The molecule has 1 fully saturated rings. The molecule has 1 aromatic heterocycles. The van der Waals surface area contributed by atoms with E-state index in [1.807, 2.05) is 17.8 Å². The molecule has 1 N–H and O–H groups in total. The maximum atomic E-state index is 10.1. The number of aliphatic hydroxyl groups excluding tert-OH is 1. The van der Waals surface area contributed by atoms with E-state index in [-0.39, 0.29) is 0 Å². The Hall–Kier alpha value is -0.740. The van der Waals surface area contributed by atoms with Gasteiger partial charge in [-0.05, 0) is 18.9 Å². The first-order chi connectivity index (χ1) is 8.29. The first-order valence-corrected chi connectivity index (χ1v) is 7.13. The maximum absolute atomic E-state index is 10.1. The largest absolute Gasteiger partial charge is 0.495 e. The van der Waals surface area contributed by atoms with Crippen molar-refractivity contribution < 1.29 is 9.84 Å². The van der Waals surface area contributed by atoms with Gasteiger partial charge in [-0.25, -0.2) is 0 Å². The van der Waals surface area contributed by atoms with Gasteiger partial charge in [0.1, 0.15) is 5.75 Å². The molecule has 3 nitrogen and oxygen atoms in total. The highest BCUT2D eigenvalue weighted by Crippen LogP contribution is 2.32. The summed E-state index contributed by atoms with van der Waals surface area (Å²) >= 11 is 1.88. The SMILES string of the molecule is COc1cncc(C(O)CSC2CCCC2)c1. The predicted octanol–water partition coefficient (Wildman–Crippen LogP) is 2.80. The van der Waals surface area contributed by atoms with Crippen molar-refractivity contribution in [1.82, 2.24) is 4.98 Å². The fraction of sp³-hybridized carbons (Fsp3) is 0.615. The Morgan fingerprint density at radius 1 is 1.47 bits per heavy atom. The molecule has 0 aromatic carbocycles. The molecule has 1 heterocycles. The van der Waals surface area contributed by atoms with Crippen LogP contribution in [0.5, 0.6) is 5.75 Å². The van der Waals surface area contributed by atoms with E-state index in [4.69, 9.17) is 4.74 Å². The molecule has 4 heteroatoms. The number of methoxy groups -OCH3 is 1. The van der Waals surface area contributed by atoms with Gasteiger partial charge in [0.15, 0.2) is 0 Å². The lowest BCUT2D eigenvalue weighted by Crippen LogP contribution is -2.05. The minimum Gasteiger partial charge on any atom is -0.495 e. The van der Waals surface area contributed by atoms with E-state index < -0.39 is 6.10 Å². The zero-order valence-corrected chi connectivity index (χ0v) is 10.9. The van der Waals surface area contributed by atoms with Gasteiger partial charge in [0.05, 0.1) is 19.4 Å². The smallest absolute Gasteiger partial charge is 0.137 e. The monoisotopic (exact) mass is 253 g/mol. The standard InChI is InChI=1S/C13H19NO2S/c1-16-11-6-10(7-14-8-11)13(15)9-17-12-4-2-3-5-12/h6-8,12-13,15H,2-5,9H2,1H3. The molecular weight excluding hydrogens is 234 g/mol. The quantitative estimate of drug-likeness (QED) is 0.876. The summed E-state index contributed by atoms with van der Waals surface area (Å²) in [6.07, 6.45) is 8.20. The van der Waals surface area contributed by atoms with Gasteiger partial charge in [-0.1, -0.05) is 12.8 Å². The van der Waals surface area contributed by atoms with Gasteiger partial charge in [0.2, 0.25) is 0 Å². The van der Waals surface area contributed by atoms with E-state index >= 15 is 0 Å². The summed E-state index contributed by atoms with van der Waals surface area (Å²) in [7, 11) is 1.61. The third-order valence-electron chi connectivity index (χ3n) is 3.15. The van der Waals surface area contributed by atoms with Gasteiger partial charge in [-0.15, -0.1) is 0 Å². The molecule has 0 bridgehead atoms. The topological polar surface area (TPSA) is 42.4 Å². The first-order valence-electron chi connectivity index (χ1n) is 6.08. The van der Waals surface area contributed by atoms with Crippen LogP contribution in [0.2, 0.25) is 0 Å². The molecule has 0 saturated heterocycles. The maximum Gasteiger partial charge on any atom is 0.137 e. The summed E-state index contributed by atoms with van der Waals surface area (Å²) in [5.74, 6) is 1.45. The lowest BCUT2D eigenvalue weighted by Gasteiger charge is -2.14.